The first kappa shape index (κ1) is 20.7. The van der Waals surface area contributed by atoms with Crippen LogP contribution >= 0.6 is 34.5 Å². The lowest BCUT2D eigenvalue weighted by Crippen LogP contribution is -2.10. The lowest BCUT2D eigenvalue weighted by molar-refractivity contribution is -0.137. The summed E-state index contributed by atoms with van der Waals surface area (Å²) < 4.78 is 40.6. The van der Waals surface area contributed by atoms with Gasteiger partial charge < -0.3 is 5.32 Å². The maximum atomic E-state index is 13.1. The molecule has 0 saturated heterocycles. The van der Waals surface area contributed by atoms with Gasteiger partial charge in [0.2, 0.25) is 0 Å². The van der Waals surface area contributed by atoms with Gasteiger partial charge in [-0.15, -0.1) is 11.3 Å². The van der Waals surface area contributed by atoms with Crippen molar-refractivity contribution in [3.8, 4) is 5.69 Å². The predicted octanol–water partition coefficient (Wildman–Crippen LogP) is 6.97. The van der Waals surface area contributed by atoms with E-state index in [4.69, 9.17) is 23.2 Å². The van der Waals surface area contributed by atoms with Gasteiger partial charge in [0.1, 0.15) is 4.83 Å². The maximum absolute atomic E-state index is 13.1. The lowest BCUT2D eigenvalue weighted by Gasteiger charge is -2.09. The number of nitrogens with one attached hydrogen (secondary N) is 1. The molecule has 2 heterocycles. The second-order valence-corrected chi connectivity index (χ2v) is 8.30. The van der Waals surface area contributed by atoms with E-state index < -0.39 is 11.7 Å². The van der Waals surface area contributed by atoms with Crippen molar-refractivity contribution in [1.82, 2.24) is 9.78 Å². The van der Waals surface area contributed by atoms with E-state index in [1.807, 2.05) is 0 Å². The fraction of sp³-hybridized carbons (Fsp3) is 0.100. The van der Waals surface area contributed by atoms with E-state index in [1.165, 1.54) is 22.9 Å². The topological polar surface area (TPSA) is 46.9 Å². The molecular formula is C20H12Cl2F3N3OS. The van der Waals surface area contributed by atoms with E-state index in [0.717, 1.165) is 23.5 Å². The summed E-state index contributed by atoms with van der Waals surface area (Å²) in [5.74, 6) is -0.371. The van der Waals surface area contributed by atoms with Crippen molar-refractivity contribution in [3.63, 3.8) is 0 Å². The smallest absolute Gasteiger partial charge is 0.321 e. The average Bonchev–Trinajstić information content (AvgIpc) is 3.25. The molecule has 0 bridgehead atoms. The first-order valence-corrected chi connectivity index (χ1v) is 10.1. The summed E-state index contributed by atoms with van der Waals surface area (Å²) in [5.41, 5.74) is 0.576. The third kappa shape index (κ3) is 3.90. The van der Waals surface area contributed by atoms with Crippen molar-refractivity contribution in [3.05, 3.63) is 74.7 Å². The summed E-state index contributed by atoms with van der Waals surface area (Å²) in [6.45, 7) is 1.74. The molecule has 2 aromatic carbocycles. The zero-order chi connectivity index (χ0) is 21.6. The van der Waals surface area contributed by atoms with Gasteiger partial charge in [-0.2, -0.15) is 18.3 Å². The van der Waals surface area contributed by atoms with Crippen LogP contribution in [0.4, 0.5) is 18.9 Å². The van der Waals surface area contributed by atoms with Crippen LogP contribution in [0.5, 0.6) is 0 Å². The number of halogens is 5. The molecule has 30 heavy (non-hydrogen) atoms. The number of benzene rings is 2. The number of carbonyl (C=O) groups excluding carboxylic acids is 1. The number of nitrogens with zero attached hydrogens (tertiary/aromatic N) is 2. The van der Waals surface area contributed by atoms with Crippen molar-refractivity contribution in [1.29, 1.82) is 0 Å². The Labute approximate surface area is 182 Å². The zero-order valence-corrected chi connectivity index (χ0v) is 17.5. The molecule has 10 heteroatoms. The Balaban J connectivity index is 1.70. The van der Waals surface area contributed by atoms with Gasteiger partial charge in [0.05, 0.1) is 31.9 Å². The van der Waals surface area contributed by atoms with Crippen molar-refractivity contribution in [2.24, 2.45) is 0 Å². The van der Waals surface area contributed by atoms with Gasteiger partial charge in [0, 0.05) is 11.1 Å². The molecule has 1 amide bonds. The van der Waals surface area contributed by atoms with Crippen LogP contribution in [0.2, 0.25) is 10.0 Å². The van der Waals surface area contributed by atoms with Gasteiger partial charge in [0.25, 0.3) is 5.91 Å². The molecule has 0 radical (unpaired) electrons. The Kier molecular flexibility index (Phi) is 5.25. The quantitative estimate of drug-likeness (QED) is 0.352. The molecule has 0 unspecified atom stereocenters. The molecule has 4 aromatic rings. The van der Waals surface area contributed by atoms with Gasteiger partial charge in [-0.3, -0.25) is 4.79 Å². The monoisotopic (exact) mass is 469 g/mol. The van der Waals surface area contributed by atoms with E-state index in [2.05, 4.69) is 10.4 Å². The Morgan fingerprint density at radius 2 is 1.87 bits per heavy atom. The summed E-state index contributed by atoms with van der Waals surface area (Å²) in [7, 11) is 0. The highest BCUT2D eigenvalue weighted by Gasteiger charge is 2.31. The molecule has 0 atom stereocenters. The van der Waals surface area contributed by atoms with Crippen LogP contribution in [0.3, 0.4) is 0 Å². The van der Waals surface area contributed by atoms with Gasteiger partial charge in [-0.1, -0.05) is 29.3 Å². The molecule has 0 aliphatic heterocycles. The Hall–Kier alpha value is -2.55. The third-order valence-electron chi connectivity index (χ3n) is 4.36. The number of amides is 1. The van der Waals surface area contributed by atoms with E-state index in [0.29, 0.717) is 36.5 Å². The number of fused-ring (bicyclic) bond motifs is 1. The van der Waals surface area contributed by atoms with E-state index in [9.17, 15) is 18.0 Å². The van der Waals surface area contributed by atoms with Crippen LogP contribution in [0.25, 0.3) is 15.9 Å². The summed E-state index contributed by atoms with van der Waals surface area (Å²) >= 11 is 13.0. The molecule has 4 nitrogen and oxygen atoms in total. The number of hydrogen-bond acceptors (Lipinski definition) is 3. The lowest BCUT2D eigenvalue weighted by atomic mass is 10.2. The van der Waals surface area contributed by atoms with E-state index >= 15 is 0 Å². The molecule has 1 N–H and O–H groups in total. The highest BCUT2D eigenvalue weighted by molar-refractivity contribution is 7.20. The van der Waals surface area contributed by atoms with Crippen LogP contribution in [0, 0.1) is 6.92 Å². The van der Waals surface area contributed by atoms with Gasteiger partial charge in [0.15, 0.2) is 0 Å². The summed E-state index contributed by atoms with van der Waals surface area (Å²) in [6.07, 6.45) is -4.46. The van der Waals surface area contributed by atoms with Crippen LogP contribution in [0.1, 0.15) is 20.9 Å². The number of hydrogen-bond donors (Lipinski definition) is 1. The third-order valence-corrected chi connectivity index (χ3v) is 6.21. The number of aromatic nitrogens is 2. The normalized spacial score (nSPS) is 11.8. The molecule has 4 rings (SSSR count). The van der Waals surface area contributed by atoms with Gasteiger partial charge in [-0.25, -0.2) is 4.68 Å². The standard InChI is InChI=1S/C20H12Cl2F3N3OS/c1-10-14-9-17(18(29)26-12-5-6-15(21)16(22)8-12)30-19(14)28(27-10)13-4-2-3-11(7-13)20(23,24)25/h2-9H,1H3,(H,26,29). The molecule has 0 aliphatic rings. The number of anilines is 1. The molecule has 0 fully saturated rings. The van der Waals surface area contributed by atoms with Crippen LogP contribution in [-0.4, -0.2) is 15.7 Å². The van der Waals surface area contributed by atoms with Crippen molar-refractivity contribution >= 4 is 56.3 Å². The minimum atomic E-state index is -4.46. The van der Waals surface area contributed by atoms with Crippen molar-refractivity contribution < 1.29 is 18.0 Å². The molecule has 0 spiro atoms. The fourth-order valence-corrected chi connectivity index (χ4v) is 4.29. The molecule has 0 saturated carbocycles. The van der Waals surface area contributed by atoms with E-state index in [1.54, 1.807) is 25.1 Å². The fourth-order valence-electron chi connectivity index (χ4n) is 2.91. The summed E-state index contributed by atoms with van der Waals surface area (Å²) in [4.78, 5) is 13.6. The van der Waals surface area contributed by atoms with Gasteiger partial charge in [-0.05, 0) is 49.4 Å². The molecular weight excluding hydrogens is 458 g/mol. The number of rotatable bonds is 3. The number of aryl methyl sites for hydroxylation is 1. The summed E-state index contributed by atoms with van der Waals surface area (Å²) in [6, 6.07) is 11.3. The Morgan fingerprint density at radius 1 is 1.10 bits per heavy atom. The second-order valence-electron chi connectivity index (χ2n) is 6.46. The highest BCUT2D eigenvalue weighted by Crippen LogP contribution is 2.34. The molecule has 2 aromatic heterocycles. The van der Waals surface area contributed by atoms with Crippen molar-refractivity contribution in [2.75, 3.05) is 5.32 Å². The Morgan fingerprint density at radius 3 is 2.57 bits per heavy atom. The minimum absolute atomic E-state index is 0.265. The van der Waals surface area contributed by atoms with E-state index in [-0.39, 0.29) is 11.6 Å². The highest BCUT2D eigenvalue weighted by atomic mass is 35.5. The average molecular weight is 470 g/mol. The zero-order valence-electron chi connectivity index (χ0n) is 15.2. The minimum Gasteiger partial charge on any atom is -0.321 e. The van der Waals surface area contributed by atoms with Crippen LogP contribution < -0.4 is 5.32 Å². The van der Waals surface area contributed by atoms with Crippen LogP contribution in [0.15, 0.2) is 48.5 Å². The largest absolute Gasteiger partial charge is 0.416 e. The molecule has 0 aliphatic carbocycles. The van der Waals surface area contributed by atoms with Gasteiger partial charge >= 0.3 is 6.18 Å². The number of carbonyl (C=O) groups is 1. The first-order chi connectivity index (χ1) is 14.1. The number of alkyl halides is 3. The Bertz CT molecular complexity index is 1280. The van der Waals surface area contributed by atoms with Crippen molar-refractivity contribution in [2.45, 2.75) is 13.1 Å². The predicted molar refractivity (Wildman–Crippen MR) is 113 cm³/mol. The molecule has 154 valence electrons. The first-order valence-electron chi connectivity index (χ1n) is 8.56. The number of thiophene rings is 1. The van der Waals surface area contributed by atoms with Crippen LogP contribution in [-0.2, 0) is 6.18 Å². The SMILES string of the molecule is Cc1nn(-c2cccc(C(F)(F)F)c2)c2sc(C(=O)Nc3ccc(Cl)c(Cl)c3)cc12. The maximum Gasteiger partial charge on any atom is 0.416 e. The summed E-state index contributed by atoms with van der Waals surface area (Å²) in [5, 5.41) is 8.45. The second kappa shape index (κ2) is 7.61.